The Balaban J connectivity index is 3.03. The summed E-state index contributed by atoms with van der Waals surface area (Å²) in [6, 6.07) is 7.38. The molecule has 66 valence electrons. The third-order valence-corrected chi connectivity index (χ3v) is 2.00. The highest BCUT2D eigenvalue weighted by atomic mass is 19.1. The fraction of sp³-hybridized carbons (Fsp3) is 0.400. The van der Waals surface area contributed by atoms with Crippen LogP contribution in [-0.2, 0) is 5.67 Å². The predicted molar refractivity (Wildman–Crippen MR) is 48.7 cm³/mol. The van der Waals surface area contributed by atoms with E-state index < -0.39 is 5.67 Å². The summed E-state index contributed by atoms with van der Waals surface area (Å²) in [5, 5.41) is 0. The van der Waals surface area contributed by atoms with E-state index in [1.165, 1.54) is 6.92 Å². The normalized spacial score (nSPS) is 15.7. The maximum Gasteiger partial charge on any atom is 0.145 e. The van der Waals surface area contributed by atoms with Crippen LogP contribution in [0.4, 0.5) is 4.39 Å². The van der Waals surface area contributed by atoms with Crippen molar-refractivity contribution in [3.8, 4) is 0 Å². The molecule has 0 aliphatic rings. The zero-order valence-electron chi connectivity index (χ0n) is 7.47. The van der Waals surface area contributed by atoms with Gasteiger partial charge in [0.1, 0.15) is 5.67 Å². The van der Waals surface area contributed by atoms with Crippen molar-refractivity contribution in [1.29, 1.82) is 0 Å². The third kappa shape index (κ3) is 1.83. The molecule has 1 atom stereocenters. The molecule has 2 heteroatoms. The molecule has 1 rings (SSSR count). The van der Waals surface area contributed by atoms with E-state index in [-0.39, 0.29) is 6.54 Å². The van der Waals surface area contributed by atoms with Gasteiger partial charge in [0.2, 0.25) is 0 Å². The molecule has 0 heterocycles. The highest BCUT2D eigenvalue weighted by molar-refractivity contribution is 5.27. The lowest BCUT2D eigenvalue weighted by molar-refractivity contribution is 0.203. The highest BCUT2D eigenvalue weighted by Crippen LogP contribution is 2.24. The first-order valence-electron chi connectivity index (χ1n) is 4.02. The number of rotatable bonds is 2. The molecule has 0 aliphatic heterocycles. The SMILES string of the molecule is Cc1cccc(C(C)(F)CN)c1. The Labute approximate surface area is 72.4 Å². The monoisotopic (exact) mass is 167 g/mol. The van der Waals surface area contributed by atoms with Gasteiger partial charge in [-0.1, -0.05) is 29.8 Å². The van der Waals surface area contributed by atoms with E-state index in [4.69, 9.17) is 5.73 Å². The highest BCUT2D eigenvalue weighted by Gasteiger charge is 2.23. The summed E-state index contributed by atoms with van der Waals surface area (Å²) in [4.78, 5) is 0. The van der Waals surface area contributed by atoms with Crippen molar-refractivity contribution >= 4 is 0 Å². The molecule has 0 aromatic heterocycles. The van der Waals surface area contributed by atoms with Crippen molar-refractivity contribution in [3.63, 3.8) is 0 Å². The molecule has 0 spiro atoms. The van der Waals surface area contributed by atoms with Gasteiger partial charge in [-0.15, -0.1) is 0 Å². The number of nitrogens with two attached hydrogens (primary N) is 1. The molecule has 2 N–H and O–H groups in total. The Morgan fingerprint density at radius 2 is 2.17 bits per heavy atom. The summed E-state index contributed by atoms with van der Waals surface area (Å²) in [5.74, 6) is 0. The van der Waals surface area contributed by atoms with Crippen molar-refractivity contribution in [3.05, 3.63) is 35.4 Å². The molecule has 1 aromatic rings. The Kier molecular flexibility index (Phi) is 2.48. The van der Waals surface area contributed by atoms with E-state index in [0.29, 0.717) is 5.56 Å². The van der Waals surface area contributed by atoms with Gasteiger partial charge in [0.15, 0.2) is 0 Å². The number of alkyl halides is 1. The van der Waals surface area contributed by atoms with Crippen LogP contribution >= 0.6 is 0 Å². The molecule has 0 radical (unpaired) electrons. The topological polar surface area (TPSA) is 26.0 Å². The average molecular weight is 167 g/mol. The van der Waals surface area contributed by atoms with Crippen LogP contribution in [0.25, 0.3) is 0 Å². The van der Waals surface area contributed by atoms with Gasteiger partial charge in [0.25, 0.3) is 0 Å². The second kappa shape index (κ2) is 3.23. The van der Waals surface area contributed by atoms with Crippen molar-refractivity contribution in [2.75, 3.05) is 6.54 Å². The minimum Gasteiger partial charge on any atom is -0.327 e. The average Bonchev–Trinajstić information content (AvgIpc) is 2.05. The van der Waals surface area contributed by atoms with Gasteiger partial charge in [-0.3, -0.25) is 0 Å². The van der Waals surface area contributed by atoms with Crippen molar-refractivity contribution in [1.82, 2.24) is 0 Å². The van der Waals surface area contributed by atoms with E-state index in [1.54, 1.807) is 6.07 Å². The Morgan fingerprint density at radius 3 is 2.67 bits per heavy atom. The van der Waals surface area contributed by atoms with Crippen molar-refractivity contribution in [2.24, 2.45) is 5.73 Å². The van der Waals surface area contributed by atoms with Crippen LogP contribution in [0, 0.1) is 6.92 Å². The molecular weight excluding hydrogens is 153 g/mol. The van der Waals surface area contributed by atoms with Crippen LogP contribution in [0.5, 0.6) is 0 Å². The van der Waals surface area contributed by atoms with Crippen LogP contribution in [0.15, 0.2) is 24.3 Å². The Bertz CT molecular complexity index is 268. The molecule has 1 aromatic carbocycles. The number of halogens is 1. The van der Waals surface area contributed by atoms with Gasteiger partial charge in [0.05, 0.1) is 0 Å². The van der Waals surface area contributed by atoms with Crippen molar-refractivity contribution in [2.45, 2.75) is 19.5 Å². The molecule has 0 fully saturated rings. The second-order valence-electron chi connectivity index (χ2n) is 3.27. The molecule has 0 aliphatic carbocycles. The molecule has 12 heavy (non-hydrogen) atoms. The number of hydrogen-bond donors (Lipinski definition) is 1. The number of hydrogen-bond acceptors (Lipinski definition) is 1. The van der Waals surface area contributed by atoms with Gasteiger partial charge in [-0.25, -0.2) is 4.39 Å². The third-order valence-electron chi connectivity index (χ3n) is 2.00. The lowest BCUT2D eigenvalue weighted by Crippen LogP contribution is -2.26. The maximum atomic E-state index is 13.6. The molecule has 0 saturated heterocycles. The zero-order chi connectivity index (χ0) is 9.19. The summed E-state index contributed by atoms with van der Waals surface area (Å²) < 4.78 is 13.6. The summed E-state index contributed by atoms with van der Waals surface area (Å²) >= 11 is 0. The molecule has 0 bridgehead atoms. The van der Waals surface area contributed by atoms with Crippen LogP contribution in [0.2, 0.25) is 0 Å². The van der Waals surface area contributed by atoms with Gasteiger partial charge < -0.3 is 5.73 Å². The van der Waals surface area contributed by atoms with Crippen LogP contribution in [0.3, 0.4) is 0 Å². The quantitative estimate of drug-likeness (QED) is 0.717. The van der Waals surface area contributed by atoms with E-state index in [1.807, 2.05) is 25.1 Å². The van der Waals surface area contributed by atoms with Crippen LogP contribution < -0.4 is 5.73 Å². The minimum atomic E-state index is -1.40. The van der Waals surface area contributed by atoms with E-state index >= 15 is 0 Å². The summed E-state index contributed by atoms with van der Waals surface area (Å²) in [6.07, 6.45) is 0. The molecular formula is C10H14FN. The Morgan fingerprint density at radius 1 is 1.50 bits per heavy atom. The standard InChI is InChI=1S/C10H14FN/c1-8-4-3-5-9(6-8)10(2,11)7-12/h3-6H,7,12H2,1-2H3. The summed E-state index contributed by atoms with van der Waals surface area (Å²) in [7, 11) is 0. The summed E-state index contributed by atoms with van der Waals surface area (Å²) in [6.45, 7) is 3.47. The largest absolute Gasteiger partial charge is 0.327 e. The smallest absolute Gasteiger partial charge is 0.145 e. The van der Waals surface area contributed by atoms with E-state index in [2.05, 4.69) is 0 Å². The van der Waals surface area contributed by atoms with E-state index in [0.717, 1.165) is 5.56 Å². The van der Waals surface area contributed by atoms with Gasteiger partial charge in [0, 0.05) is 6.54 Å². The molecule has 0 amide bonds. The second-order valence-corrected chi connectivity index (χ2v) is 3.27. The van der Waals surface area contributed by atoms with Crippen LogP contribution in [-0.4, -0.2) is 6.54 Å². The first-order valence-corrected chi connectivity index (χ1v) is 4.02. The minimum absolute atomic E-state index is 0.0243. The molecule has 1 unspecified atom stereocenters. The molecule has 0 saturated carbocycles. The maximum absolute atomic E-state index is 13.6. The van der Waals surface area contributed by atoms with E-state index in [9.17, 15) is 4.39 Å². The first kappa shape index (κ1) is 9.20. The van der Waals surface area contributed by atoms with Gasteiger partial charge in [-0.05, 0) is 19.4 Å². The predicted octanol–water partition coefficient (Wildman–Crippen LogP) is 2.14. The fourth-order valence-corrected chi connectivity index (χ4v) is 1.09. The van der Waals surface area contributed by atoms with Gasteiger partial charge in [-0.2, -0.15) is 0 Å². The number of benzene rings is 1. The number of aryl methyl sites for hydroxylation is 1. The summed E-state index contributed by atoms with van der Waals surface area (Å²) in [5.41, 5.74) is 5.63. The van der Waals surface area contributed by atoms with Crippen molar-refractivity contribution < 1.29 is 4.39 Å². The van der Waals surface area contributed by atoms with Gasteiger partial charge >= 0.3 is 0 Å². The zero-order valence-corrected chi connectivity index (χ0v) is 7.47. The lowest BCUT2D eigenvalue weighted by atomic mass is 9.97. The first-order chi connectivity index (χ1) is 5.56. The van der Waals surface area contributed by atoms with Crippen LogP contribution in [0.1, 0.15) is 18.1 Å². The fourth-order valence-electron chi connectivity index (χ4n) is 1.09. The lowest BCUT2D eigenvalue weighted by Gasteiger charge is -2.18. The molecule has 1 nitrogen and oxygen atoms in total. The Hall–Kier alpha value is -0.890.